The zero-order valence-corrected chi connectivity index (χ0v) is 22.7. The molecule has 40 heavy (non-hydrogen) atoms. The molecule has 3 heterocycles. The lowest BCUT2D eigenvalue weighted by atomic mass is 10.1. The number of allylic oxidation sites excluding steroid dienone is 1. The summed E-state index contributed by atoms with van der Waals surface area (Å²) in [6.45, 7) is 1.07. The van der Waals surface area contributed by atoms with Crippen LogP contribution in [0.4, 0.5) is 0 Å². The number of imidazole rings is 1. The molecule has 1 saturated heterocycles. The van der Waals surface area contributed by atoms with Gasteiger partial charge in [0, 0.05) is 30.4 Å². The van der Waals surface area contributed by atoms with E-state index in [0.29, 0.717) is 41.3 Å². The number of H-pyrrole nitrogens is 1. The van der Waals surface area contributed by atoms with Crippen LogP contribution in [0.2, 0.25) is 0 Å². The van der Waals surface area contributed by atoms with Crippen LogP contribution in [0, 0.1) is 11.3 Å². The van der Waals surface area contributed by atoms with E-state index in [1.54, 1.807) is 33.3 Å². The molecule has 0 spiro atoms. The molecule has 1 fully saturated rings. The van der Waals surface area contributed by atoms with Gasteiger partial charge in [-0.25, -0.2) is 18.1 Å². The lowest BCUT2D eigenvalue weighted by Crippen LogP contribution is -2.31. The fourth-order valence-corrected chi connectivity index (χ4v) is 6.62. The number of nitriles is 1. The summed E-state index contributed by atoms with van der Waals surface area (Å²) in [5.74, 6) is 0.458. The van der Waals surface area contributed by atoms with Crippen molar-refractivity contribution in [2.75, 3.05) is 13.1 Å². The summed E-state index contributed by atoms with van der Waals surface area (Å²) in [6, 6.07) is 26.5. The largest absolute Gasteiger partial charge is 0.337 e. The monoisotopic (exact) mass is 548 g/mol. The highest BCUT2D eigenvalue weighted by atomic mass is 32.2. The summed E-state index contributed by atoms with van der Waals surface area (Å²) in [5, 5.41) is 14.9. The average Bonchev–Trinajstić information content (AvgIpc) is 3.51. The Morgan fingerprint density at radius 1 is 0.925 bits per heavy atom. The lowest BCUT2D eigenvalue weighted by molar-refractivity contribution is 0.424. The summed E-state index contributed by atoms with van der Waals surface area (Å²) in [7, 11) is -3.64. The van der Waals surface area contributed by atoms with Crippen molar-refractivity contribution >= 4 is 32.7 Å². The van der Waals surface area contributed by atoms with Crippen LogP contribution in [-0.4, -0.2) is 45.6 Å². The van der Waals surface area contributed by atoms with Crippen molar-refractivity contribution in [1.29, 1.82) is 5.26 Å². The fourth-order valence-electron chi connectivity index (χ4n) is 5.05. The van der Waals surface area contributed by atoms with Crippen LogP contribution in [0.3, 0.4) is 0 Å². The number of fused-ring (bicyclic) bond motifs is 1. The Bertz CT molecular complexity index is 1810. The minimum absolute atomic E-state index is 0.244. The zero-order valence-electron chi connectivity index (χ0n) is 21.9. The van der Waals surface area contributed by atoms with Crippen molar-refractivity contribution in [3.05, 3.63) is 96.4 Å². The van der Waals surface area contributed by atoms with Gasteiger partial charge in [0.1, 0.15) is 17.6 Å². The van der Waals surface area contributed by atoms with Crippen LogP contribution < -0.4 is 0 Å². The number of nitrogens with one attached hydrogen (secondary N) is 1. The van der Waals surface area contributed by atoms with Crippen molar-refractivity contribution in [3.63, 3.8) is 0 Å². The Balaban J connectivity index is 1.46. The quantitative estimate of drug-likeness (QED) is 0.260. The summed E-state index contributed by atoms with van der Waals surface area (Å²) in [5.41, 5.74) is 4.69. The van der Waals surface area contributed by atoms with Gasteiger partial charge in [-0.05, 0) is 55.3 Å². The maximum absolute atomic E-state index is 13.6. The van der Waals surface area contributed by atoms with Crippen molar-refractivity contribution in [2.45, 2.75) is 30.6 Å². The van der Waals surface area contributed by atoms with Gasteiger partial charge in [-0.3, -0.25) is 0 Å². The predicted molar refractivity (Wildman–Crippen MR) is 156 cm³/mol. The normalized spacial score (nSPS) is 15.1. The van der Waals surface area contributed by atoms with Gasteiger partial charge in [-0.1, -0.05) is 55.3 Å². The van der Waals surface area contributed by atoms with E-state index in [9.17, 15) is 13.7 Å². The minimum Gasteiger partial charge on any atom is -0.337 e. The second kappa shape index (κ2) is 10.9. The molecule has 1 N–H and O–H groups in total. The Labute approximate surface area is 233 Å². The average molecular weight is 549 g/mol. The van der Waals surface area contributed by atoms with Gasteiger partial charge < -0.3 is 4.98 Å². The van der Waals surface area contributed by atoms with Gasteiger partial charge in [-0.2, -0.15) is 14.7 Å². The number of aromatic amines is 1. The van der Waals surface area contributed by atoms with Crippen LogP contribution in [0.1, 0.15) is 37.1 Å². The van der Waals surface area contributed by atoms with E-state index in [1.807, 2.05) is 66.9 Å². The van der Waals surface area contributed by atoms with Crippen LogP contribution in [-0.2, 0) is 10.0 Å². The van der Waals surface area contributed by atoms with E-state index < -0.39 is 10.0 Å². The van der Waals surface area contributed by atoms with Gasteiger partial charge in [0.15, 0.2) is 0 Å². The van der Waals surface area contributed by atoms with E-state index in [4.69, 9.17) is 5.10 Å². The van der Waals surface area contributed by atoms with Gasteiger partial charge in [0.2, 0.25) is 10.0 Å². The molecule has 1 aliphatic rings. The third-order valence-electron chi connectivity index (χ3n) is 7.14. The molecule has 0 atom stereocenters. The first-order valence-corrected chi connectivity index (χ1v) is 14.8. The Morgan fingerprint density at radius 3 is 2.42 bits per heavy atom. The molecule has 0 amide bonds. The highest BCUT2D eigenvalue weighted by molar-refractivity contribution is 7.89. The molecule has 200 valence electrons. The molecule has 0 aliphatic carbocycles. The lowest BCUT2D eigenvalue weighted by Gasteiger charge is -2.20. The highest BCUT2D eigenvalue weighted by Crippen LogP contribution is 2.30. The van der Waals surface area contributed by atoms with E-state index in [1.165, 1.54) is 0 Å². The fraction of sp³-hybridized carbons (Fsp3) is 0.194. The first-order valence-electron chi connectivity index (χ1n) is 13.4. The standard InChI is InChI=1S/C31H28N6O2S/c32-21-24(31-33-28-15-6-7-16-29(28)34-31)19-25-22-37(26-12-4-3-5-13-26)35-30(25)23-11-10-14-27(20-23)40(38,39)36-17-8-1-2-9-18-36/h3-7,10-16,19-20,22H,1-2,8-9,17-18H2,(H,33,34)/b24-19-. The first-order chi connectivity index (χ1) is 19.5. The minimum atomic E-state index is -3.64. The van der Waals surface area contributed by atoms with Gasteiger partial charge in [0.25, 0.3) is 0 Å². The molecule has 2 aromatic heterocycles. The number of benzene rings is 3. The second-order valence-electron chi connectivity index (χ2n) is 9.83. The molecular weight excluding hydrogens is 520 g/mol. The molecule has 0 saturated carbocycles. The van der Waals surface area contributed by atoms with Crippen LogP contribution >= 0.6 is 0 Å². The maximum Gasteiger partial charge on any atom is 0.243 e. The molecule has 8 nitrogen and oxygen atoms in total. The summed E-state index contributed by atoms with van der Waals surface area (Å²) in [6.07, 6.45) is 7.43. The Kier molecular flexibility index (Phi) is 7.03. The summed E-state index contributed by atoms with van der Waals surface area (Å²) in [4.78, 5) is 8.06. The van der Waals surface area contributed by atoms with Crippen molar-refractivity contribution in [3.8, 4) is 23.0 Å². The first kappa shape index (κ1) is 25.7. The molecule has 5 aromatic rings. The zero-order chi connectivity index (χ0) is 27.5. The number of hydrogen-bond acceptors (Lipinski definition) is 5. The Morgan fingerprint density at radius 2 is 1.68 bits per heavy atom. The molecule has 0 unspecified atom stereocenters. The Hall–Kier alpha value is -4.52. The molecule has 3 aromatic carbocycles. The van der Waals surface area contributed by atoms with E-state index >= 15 is 0 Å². The van der Waals surface area contributed by atoms with E-state index in [0.717, 1.165) is 42.4 Å². The third-order valence-corrected chi connectivity index (χ3v) is 9.03. The number of aromatic nitrogens is 4. The van der Waals surface area contributed by atoms with Gasteiger partial charge in [0.05, 0.1) is 27.2 Å². The van der Waals surface area contributed by atoms with Crippen LogP contribution in [0.5, 0.6) is 0 Å². The van der Waals surface area contributed by atoms with Crippen molar-refractivity contribution in [2.24, 2.45) is 0 Å². The van der Waals surface area contributed by atoms with Gasteiger partial charge in [-0.15, -0.1) is 0 Å². The number of hydrogen-bond donors (Lipinski definition) is 1. The van der Waals surface area contributed by atoms with E-state index in [2.05, 4.69) is 16.0 Å². The number of para-hydroxylation sites is 3. The maximum atomic E-state index is 13.6. The number of sulfonamides is 1. The highest BCUT2D eigenvalue weighted by Gasteiger charge is 2.26. The number of rotatable bonds is 6. The molecule has 6 rings (SSSR count). The van der Waals surface area contributed by atoms with E-state index in [-0.39, 0.29) is 4.90 Å². The molecule has 1 aliphatic heterocycles. The summed E-state index contributed by atoms with van der Waals surface area (Å²) < 4.78 is 30.5. The second-order valence-corrected chi connectivity index (χ2v) is 11.8. The smallest absolute Gasteiger partial charge is 0.243 e. The van der Waals surface area contributed by atoms with Crippen LogP contribution in [0.25, 0.3) is 39.6 Å². The van der Waals surface area contributed by atoms with Crippen molar-refractivity contribution in [1.82, 2.24) is 24.1 Å². The SMILES string of the molecule is N#C/C(=C/c1cn(-c2ccccc2)nc1-c1cccc(S(=O)(=O)N2CCCCCC2)c1)c1nc2ccccc2[nH]1. The number of nitrogens with zero attached hydrogens (tertiary/aromatic N) is 5. The third kappa shape index (κ3) is 5.07. The topological polar surface area (TPSA) is 108 Å². The molecule has 9 heteroatoms. The summed E-state index contributed by atoms with van der Waals surface area (Å²) >= 11 is 0. The molecule has 0 radical (unpaired) electrons. The molecular formula is C31H28N6O2S. The van der Waals surface area contributed by atoms with Crippen LogP contribution in [0.15, 0.2) is 90.0 Å². The predicted octanol–water partition coefficient (Wildman–Crippen LogP) is 6.04. The van der Waals surface area contributed by atoms with Crippen molar-refractivity contribution < 1.29 is 8.42 Å². The van der Waals surface area contributed by atoms with Gasteiger partial charge >= 0.3 is 0 Å². The molecule has 0 bridgehead atoms.